The van der Waals surface area contributed by atoms with Crippen molar-refractivity contribution in [2.75, 3.05) is 0 Å². The quantitative estimate of drug-likeness (QED) is 0.123. The number of aromatic nitrogens is 4. The van der Waals surface area contributed by atoms with E-state index < -0.39 is 0 Å². The van der Waals surface area contributed by atoms with Crippen LogP contribution in [0.15, 0.2) is 376 Å². The van der Waals surface area contributed by atoms with Crippen LogP contribution < -0.4 is 0 Å². The van der Waals surface area contributed by atoms with Crippen molar-refractivity contribution in [2.45, 2.75) is 0 Å². The van der Waals surface area contributed by atoms with Gasteiger partial charge in [-0.25, -0.2) is 0 Å². The second-order valence-electron chi connectivity index (χ2n) is 26.3. The summed E-state index contributed by atoms with van der Waals surface area (Å²) in [4.78, 5) is 0. The van der Waals surface area contributed by atoms with Crippen molar-refractivity contribution in [1.82, 2.24) is 18.3 Å². The van der Waals surface area contributed by atoms with Gasteiger partial charge >= 0.3 is 0 Å². The van der Waals surface area contributed by atoms with Crippen molar-refractivity contribution < 1.29 is 0 Å². The highest BCUT2D eigenvalue weighted by atomic mass is 15.0. The highest BCUT2D eigenvalue weighted by Gasteiger charge is 2.22. The topological polar surface area (TPSA) is 19.7 Å². The fraction of sp³-hybridized carbons (Fsp3) is 0. The molecule has 0 bridgehead atoms. The molecule has 0 aliphatic heterocycles. The van der Waals surface area contributed by atoms with E-state index in [-0.39, 0.29) is 0 Å². The van der Waals surface area contributed by atoms with E-state index >= 15 is 0 Å². The van der Waals surface area contributed by atoms with Gasteiger partial charge in [-0.15, -0.1) is 0 Å². The Hall–Kier alpha value is -13.3. The third kappa shape index (κ3) is 9.15. The van der Waals surface area contributed by atoms with Gasteiger partial charge < -0.3 is 18.3 Å². The van der Waals surface area contributed by atoms with Gasteiger partial charge in [0.05, 0.1) is 44.1 Å². The molecule has 0 N–H and O–H groups in total. The van der Waals surface area contributed by atoms with Crippen LogP contribution in [-0.4, -0.2) is 18.3 Å². The van der Waals surface area contributed by atoms with Crippen LogP contribution in [0.1, 0.15) is 0 Å². The Labute approximate surface area is 578 Å². The fourth-order valence-corrected chi connectivity index (χ4v) is 16.3. The van der Waals surface area contributed by atoms with Gasteiger partial charge in [-0.1, -0.05) is 267 Å². The van der Waals surface area contributed by atoms with E-state index in [0.717, 1.165) is 28.3 Å². The average Bonchev–Trinajstić information content (AvgIpc) is 1.58. The molecule has 0 fully saturated rings. The summed E-state index contributed by atoms with van der Waals surface area (Å²) in [5.41, 5.74) is 30.6. The molecule has 466 valence electrons. The first-order chi connectivity index (χ1) is 49.6. The molecular weight excluding hydrogens is 1210 g/mol. The summed E-state index contributed by atoms with van der Waals surface area (Å²) in [5, 5.41) is 9.92. The molecule has 4 heteroatoms. The van der Waals surface area contributed by atoms with E-state index in [0.29, 0.717) is 0 Å². The Bertz CT molecular complexity index is 6540. The van der Waals surface area contributed by atoms with Gasteiger partial charge in [0.2, 0.25) is 0 Å². The molecule has 4 heterocycles. The molecular formula is C96H62N4. The third-order valence-corrected chi connectivity index (χ3v) is 20.8. The monoisotopic (exact) mass is 1270 g/mol. The first-order valence-corrected chi connectivity index (χ1v) is 34.5. The summed E-state index contributed by atoms with van der Waals surface area (Å²) in [5.74, 6) is 0. The van der Waals surface area contributed by atoms with Crippen LogP contribution in [0.25, 0.3) is 188 Å². The molecule has 0 aliphatic rings. The molecule has 4 nitrogen and oxygen atoms in total. The predicted octanol–water partition coefficient (Wildman–Crippen LogP) is 25.7. The van der Waals surface area contributed by atoms with E-state index in [9.17, 15) is 0 Å². The highest BCUT2D eigenvalue weighted by molar-refractivity contribution is 6.14. The molecule has 0 saturated heterocycles. The molecule has 0 radical (unpaired) electrons. The van der Waals surface area contributed by atoms with Gasteiger partial charge in [-0.3, -0.25) is 0 Å². The number of para-hydroxylation sites is 6. The van der Waals surface area contributed by atoms with E-state index in [1.807, 2.05) is 0 Å². The van der Waals surface area contributed by atoms with Gasteiger partial charge in [0.1, 0.15) is 0 Å². The Kier molecular flexibility index (Phi) is 13.2. The maximum Gasteiger partial charge on any atom is 0.0541 e. The van der Waals surface area contributed by atoms with Crippen molar-refractivity contribution in [2.24, 2.45) is 0 Å². The molecule has 100 heavy (non-hydrogen) atoms. The van der Waals surface area contributed by atoms with Gasteiger partial charge in [-0.2, -0.15) is 0 Å². The minimum absolute atomic E-state index is 1.12. The average molecular weight is 1270 g/mol. The van der Waals surface area contributed by atoms with E-state index in [2.05, 4.69) is 394 Å². The largest absolute Gasteiger partial charge is 0.309 e. The van der Waals surface area contributed by atoms with Crippen LogP contribution in [0, 0.1) is 0 Å². The first kappa shape index (κ1) is 57.0. The summed E-state index contributed by atoms with van der Waals surface area (Å²) < 4.78 is 9.66. The number of rotatable bonds is 11. The molecule has 20 rings (SSSR count). The van der Waals surface area contributed by atoms with Crippen molar-refractivity contribution in [3.63, 3.8) is 0 Å². The summed E-state index contributed by atoms with van der Waals surface area (Å²) in [6.07, 6.45) is 0. The number of hydrogen-bond donors (Lipinski definition) is 0. The number of hydrogen-bond acceptors (Lipinski definition) is 0. The lowest BCUT2D eigenvalue weighted by atomic mass is 9.89. The molecule has 0 amide bonds. The second-order valence-corrected chi connectivity index (χ2v) is 26.3. The zero-order chi connectivity index (χ0) is 65.8. The molecule has 0 spiro atoms. The standard InChI is InChI=1S/C96H62N4/c1-5-31-77(73(27-1)63-47-53-69(54-48-63)97-89-41-15-9-35-81(89)82-36-10-16-42-90(82)97)78-32-6-2-28-74(78)64-49-55-70(56-50-64)98-93-45-19-13-39-85(93)87-61-65(51-57-95(87)98)66-52-58-96-88(62-66)86-40-14-20-46-94(86)100(96)72-26-22-24-68(60-72)76-30-4-8-34-80(76)79-33-7-3-29-75(79)67-23-21-25-71(59-67)99-91-43-17-11-37-83(91)84-38-12-18-44-92(84)99/h1-62H. The van der Waals surface area contributed by atoms with Gasteiger partial charge in [-0.05, 0) is 187 Å². The fourth-order valence-electron chi connectivity index (χ4n) is 16.3. The maximum atomic E-state index is 2.45. The van der Waals surface area contributed by atoms with Gasteiger partial charge in [0.25, 0.3) is 0 Å². The maximum absolute atomic E-state index is 2.45. The van der Waals surface area contributed by atoms with Crippen molar-refractivity contribution in [3.8, 4) is 101 Å². The Morgan fingerprint density at radius 3 is 0.660 bits per heavy atom. The smallest absolute Gasteiger partial charge is 0.0541 e. The minimum atomic E-state index is 1.12. The lowest BCUT2D eigenvalue weighted by Gasteiger charge is -2.17. The summed E-state index contributed by atoms with van der Waals surface area (Å²) >= 11 is 0. The molecule has 4 aromatic heterocycles. The van der Waals surface area contributed by atoms with Crippen LogP contribution in [-0.2, 0) is 0 Å². The van der Waals surface area contributed by atoms with E-state index in [4.69, 9.17) is 0 Å². The predicted molar refractivity (Wildman–Crippen MR) is 422 cm³/mol. The van der Waals surface area contributed by atoms with Crippen LogP contribution in [0.4, 0.5) is 0 Å². The number of fused-ring (bicyclic) bond motifs is 12. The second kappa shape index (κ2) is 23.2. The zero-order valence-electron chi connectivity index (χ0n) is 54.6. The SMILES string of the molecule is c1cc(-c2ccccc2-c2ccccc2-c2cccc(-n3c4ccccc4c4cc(-c5ccc6c(c5)c5ccccc5n6-c5ccc(-c6ccccc6-c6ccccc6-c6ccc(-n7c8ccccc8c8ccccc87)cc6)cc5)ccc43)c2)cc(-n2c3ccccc3c3ccccc32)c1. The number of nitrogens with zero attached hydrogens (tertiary/aromatic N) is 4. The molecule has 20 aromatic rings. The van der Waals surface area contributed by atoms with Crippen molar-refractivity contribution in [3.05, 3.63) is 376 Å². The Morgan fingerprint density at radius 1 is 0.120 bits per heavy atom. The highest BCUT2D eigenvalue weighted by Crippen LogP contribution is 2.45. The van der Waals surface area contributed by atoms with E-state index in [1.165, 1.54) is 160 Å². The molecule has 0 unspecified atom stereocenters. The zero-order valence-corrected chi connectivity index (χ0v) is 54.6. The van der Waals surface area contributed by atoms with Gasteiger partial charge in [0.15, 0.2) is 0 Å². The van der Waals surface area contributed by atoms with Crippen LogP contribution in [0.5, 0.6) is 0 Å². The molecule has 0 atom stereocenters. The van der Waals surface area contributed by atoms with E-state index in [1.54, 1.807) is 0 Å². The van der Waals surface area contributed by atoms with Crippen molar-refractivity contribution >= 4 is 87.2 Å². The minimum Gasteiger partial charge on any atom is -0.309 e. The van der Waals surface area contributed by atoms with Gasteiger partial charge in [0, 0.05) is 65.8 Å². The molecule has 16 aromatic carbocycles. The first-order valence-electron chi connectivity index (χ1n) is 34.5. The Morgan fingerprint density at radius 2 is 0.350 bits per heavy atom. The Balaban J connectivity index is 0.616. The summed E-state index contributed by atoms with van der Waals surface area (Å²) in [7, 11) is 0. The van der Waals surface area contributed by atoms with Crippen LogP contribution in [0.2, 0.25) is 0 Å². The summed E-state index contributed by atoms with van der Waals surface area (Å²) in [6.45, 7) is 0. The van der Waals surface area contributed by atoms with Crippen molar-refractivity contribution in [1.29, 1.82) is 0 Å². The summed E-state index contributed by atoms with van der Waals surface area (Å²) in [6, 6.07) is 138. The normalized spacial score (nSPS) is 11.8. The lowest BCUT2D eigenvalue weighted by molar-refractivity contribution is 1.18. The lowest BCUT2D eigenvalue weighted by Crippen LogP contribution is -1.96. The van der Waals surface area contributed by atoms with Crippen LogP contribution in [0.3, 0.4) is 0 Å². The number of benzene rings is 16. The molecule has 0 saturated carbocycles. The third-order valence-electron chi connectivity index (χ3n) is 20.8. The van der Waals surface area contributed by atoms with Crippen LogP contribution >= 0.6 is 0 Å². The molecule has 0 aliphatic carbocycles.